The summed E-state index contributed by atoms with van der Waals surface area (Å²) in [4.78, 5) is 4.33. The number of benzene rings is 1. The normalized spacial score (nSPS) is 24.7. The standard InChI is InChI=1S/C19H24FN3O5S/c1-26-8-7-18-21-19(28-22-18)12-9-14-4-5-15(10-12)23(14)29(24,25)17-11-13(20)3-6-16(17)27-2/h3,6,11-12,14-15H,4-5,7-10H2,1-2H3/t12?,14-,15+. The number of sulfonamides is 1. The molecule has 0 N–H and O–H groups in total. The van der Waals surface area contributed by atoms with Gasteiger partial charge in [0.05, 0.1) is 13.7 Å². The van der Waals surface area contributed by atoms with Gasteiger partial charge in [0, 0.05) is 31.5 Å². The van der Waals surface area contributed by atoms with Crippen molar-refractivity contribution < 1.29 is 26.8 Å². The van der Waals surface area contributed by atoms with Gasteiger partial charge in [-0.15, -0.1) is 0 Å². The van der Waals surface area contributed by atoms with Crippen LogP contribution in [-0.4, -0.2) is 55.8 Å². The van der Waals surface area contributed by atoms with E-state index in [9.17, 15) is 12.8 Å². The van der Waals surface area contributed by atoms with E-state index in [2.05, 4.69) is 10.1 Å². The molecule has 158 valence electrons. The Bertz CT molecular complexity index is 966. The molecule has 0 saturated carbocycles. The average molecular weight is 425 g/mol. The van der Waals surface area contributed by atoms with Gasteiger partial charge in [0.25, 0.3) is 0 Å². The lowest BCUT2D eigenvalue weighted by Gasteiger charge is -2.36. The summed E-state index contributed by atoms with van der Waals surface area (Å²) in [6.45, 7) is 0.510. The molecule has 2 saturated heterocycles. The molecule has 2 bridgehead atoms. The molecule has 2 aromatic rings. The minimum atomic E-state index is -3.89. The molecule has 10 heteroatoms. The second-order valence-corrected chi connectivity index (χ2v) is 9.29. The van der Waals surface area contributed by atoms with Gasteiger partial charge in [0.1, 0.15) is 16.5 Å². The van der Waals surface area contributed by atoms with E-state index in [-0.39, 0.29) is 28.6 Å². The second kappa shape index (κ2) is 8.00. The number of halogens is 1. The third-order valence-electron chi connectivity index (χ3n) is 5.71. The second-order valence-electron chi connectivity index (χ2n) is 7.48. The Balaban J connectivity index is 1.57. The number of nitrogens with zero attached hydrogens (tertiary/aromatic N) is 3. The van der Waals surface area contributed by atoms with E-state index in [1.165, 1.54) is 23.5 Å². The third-order valence-corrected chi connectivity index (χ3v) is 7.74. The van der Waals surface area contributed by atoms with Crippen molar-refractivity contribution in [2.24, 2.45) is 0 Å². The van der Waals surface area contributed by atoms with Gasteiger partial charge < -0.3 is 14.0 Å². The van der Waals surface area contributed by atoms with Crippen LogP contribution in [-0.2, 0) is 21.2 Å². The van der Waals surface area contributed by atoms with Gasteiger partial charge in [0.15, 0.2) is 5.82 Å². The van der Waals surface area contributed by atoms with E-state index in [1.807, 2.05) is 0 Å². The van der Waals surface area contributed by atoms with Crippen molar-refractivity contribution in [1.82, 2.24) is 14.4 Å². The number of methoxy groups -OCH3 is 2. The van der Waals surface area contributed by atoms with E-state index in [0.717, 1.165) is 18.9 Å². The zero-order chi connectivity index (χ0) is 20.6. The smallest absolute Gasteiger partial charge is 0.247 e. The van der Waals surface area contributed by atoms with E-state index >= 15 is 0 Å². The van der Waals surface area contributed by atoms with Gasteiger partial charge in [0.2, 0.25) is 15.9 Å². The summed E-state index contributed by atoms with van der Waals surface area (Å²) in [5.74, 6) is 0.688. The third kappa shape index (κ3) is 3.76. The summed E-state index contributed by atoms with van der Waals surface area (Å²) in [5.41, 5.74) is 0. The quantitative estimate of drug-likeness (QED) is 0.673. The summed E-state index contributed by atoms with van der Waals surface area (Å²) < 4.78 is 57.7. The number of fused-ring (bicyclic) bond motifs is 2. The van der Waals surface area contributed by atoms with E-state index in [0.29, 0.717) is 37.6 Å². The highest BCUT2D eigenvalue weighted by atomic mass is 32.2. The first-order valence-electron chi connectivity index (χ1n) is 9.62. The van der Waals surface area contributed by atoms with Crippen LogP contribution in [0.25, 0.3) is 0 Å². The van der Waals surface area contributed by atoms with Crippen LogP contribution in [0.3, 0.4) is 0 Å². The molecular weight excluding hydrogens is 401 g/mol. The maximum atomic E-state index is 13.8. The first-order valence-corrected chi connectivity index (χ1v) is 11.1. The summed E-state index contributed by atoms with van der Waals surface area (Å²) >= 11 is 0. The number of hydrogen-bond acceptors (Lipinski definition) is 7. The molecule has 1 unspecified atom stereocenters. The van der Waals surface area contributed by atoms with Crippen molar-refractivity contribution >= 4 is 10.0 Å². The molecule has 1 aromatic carbocycles. The molecule has 1 aromatic heterocycles. The number of aromatic nitrogens is 2. The first kappa shape index (κ1) is 20.2. The minimum absolute atomic E-state index is 0.0112. The van der Waals surface area contributed by atoms with Crippen LogP contribution in [0.1, 0.15) is 43.3 Å². The fourth-order valence-corrected chi connectivity index (χ4v) is 6.48. The van der Waals surface area contributed by atoms with Crippen molar-refractivity contribution in [3.05, 3.63) is 35.7 Å². The predicted octanol–water partition coefficient (Wildman–Crippen LogP) is 2.51. The molecule has 0 aliphatic carbocycles. The van der Waals surface area contributed by atoms with Crippen LogP contribution in [0.15, 0.2) is 27.6 Å². The molecule has 2 fully saturated rings. The molecule has 4 rings (SSSR count). The summed E-state index contributed by atoms with van der Waals surface area (Å²) in [7, 11) is -0.898. The van der Waals surface area contributed by atoms with E-state index < -0.39 is 15.8 Å². The van der Waals surface area contributed by atoms with Crippen LogP contribution in [0, 0.1) is 5.82 Å². The maximum absolute atomic E-state index is 13.8. The average Bonchev–Trinajstić information content (AvgIpc) is 3.29. The Hall–Kier alpha value is -2.04. The summed E-state index contributed by atoms with van der Waals surface area (Å²) in [5, 5.41) is 3.99. The lowest BCUT2D eigenvalue weighted by molar-refractivity contribution is 0.197. The van der Waals surface area contributed by atoms with Gasteiger partial charge in [-0.25, -0.2) is 12.8 Å². The minimum Gasteiger partial charge on any atom is -0.495 e. The predicted molar refractivity (Wildman–Crippen MR) is 101 cm³/mol. The Kier molecular flexibility index (Phi) is 5.58. The lowest BCUT2D eigenvalue weighted by Crippen LogP contribution is -2.46. The summed E-state index contributed by atoms with van der Waals surface area (Å²) in [6, 6.07) is 3.18. The van der Waals surface area contributed by atoms with Crippen LogP contribution in [0.4, 0.5) is 4.39 Å². The monoisotopic (exact) mass is 425 g/mol. The van der Waals surface area contributed by atoms with Gasteiger partial charge in [-0.1, -0.05) is 5.16 Å². The van der Waals surface area contributed by atoms with Crippen molar-refractivity contribution in [2.75, 3.05) is 20.8 Å². The van der Waals surface area contributed by atoms with Gasteiger partial charge in [-0.3, -0.25) is 0 Å². The molecule has 2 aliphatic rings. The Morgan fingerprint density at radius 1 is 1.24 bits per heavy atom. The van der Waals surface area contributed by atoms with E-state index in [4.69, 9.17) is 14.0 Å². The number of ether oxygens (including phenoxy) is 2. The highest BCUT2D eigenvalue weighted by Gasteiger charge is 2.49. The van der Waals surface area contributed by atoms with Gasteiger partial charge in [-0.2, -0.15) is 9.29 Å². The number of hydrogen-bond donors (Lipinski definition) is 0. The van der Waals surface area contributed by atoms with Crippen LogP contribution in [0.2, 0.25) is 0 Å². The Morgan fingerprint density at radius 2 is 1.97 bits per heavy atom. The maximum Gasteiger partial charge on any atom is 0.247 e. The van der Waals surface area contributed by atoms with Gasteiger partial charge >= 0.3 is 0 Å². The van der Waals surface area contributed by atoms with Crippen LogP contribution >= 0.6 is 0 Å². The lowest BCUT2D eigenvalue weighted by atomic mass is 9.92. The van der Waals surface area contributed by atoms with E-state index in [1.54, 1.807) is 7.11 Å². The first-order chi connectivity index (χ1) is 13.9. The molecule has 0 radical (unpaired) electrons. The van der Waals surface area contributed by atoms with Crippen molar-refractivity contribution in [2.45, 2.75) is 55.0 Å². The highest BCUT2D eigenvalue weighted by molar-refractivity contribution is 7.89. The largest absolute Gasteiger partial charge is 0.495 e. The zero-order valence-electron chi connectivity index (χ0n) is 16.4. The van der Waals surface area contributed by atoms with Crippen LogP contribution in [0.5, 0.6) is 5.75 Å². The SMILES string of the molecule is COCCc1noc(C2C[C@H]3CC[C@@H](C2)N3S(=O)(=O)c2cc(F)ccc2OC)n1. The fraction of sp³-hybridized carbons (Fsp3) is 0.579. The molecule has 2 aliphatic heterocycles. The van der Waals surface area contributed by atoms with Crippen molar-refractivity contribution in [1.29, 1.82) is 0 Å². The fourth-order valence-electron chi connectivity index (χ4n) is 4.42. The van der Waals surface area contributed by atoms with Crippen LogP contribution < -0.4 is 4.74 Å². The molecule has 3 heterocycles. The highest BCUT2D eigenvalue weighted by Crippen LogP contribution is 2.46. The van der Waals surface area contributed by atoms with Crippen molar-refractivity contribution in [3.8, 4) is 5.75 Å². The van der Waals surface area contributed by atoms with Crippen molar-refractivity contribution in [3.63, 3.8) is 0 Å². The number of piperidine rings is 1. The summed E-state index contributed by atoms with van der Waals surface area (Å²) in [6.07, 6.45) is 3.27. The zero-order valence-corrected chi connectivity index (χ0v) is 17.2. The molecular formula is C19H24FN3O5S. The molecule has 29 heavy (non-hydrogen) atoms. The number of rotatable bonds is 7. The molecule has 8 nitrogen and oxygen atoms in total. The van der Waals surface area contributed by atoms with Gasteiger partial charge in [-0.05, 0) is 43.9 Å². The topological polar surface area (TPSA) is 94.8 Å². The Labute approximate surface area is 169 Å². The molecule has 0 amide bonds. The molecule has 0 spiro atoms. The Morgan fingerprint density at radius 3 is 2.62 bits per heavy atom. The molecule has 3 atom stereocenters.